The third kappa shape index (κ3) is 5.49. The van der Waals surface area contributed by atoms with Crippen LogP contribution in [0, 0.1) is 17.5 Å². The molecule has 0 heterocycles. The van der Waals surface area contributed by atoms with Gasteiger partial charge in [0.2, 0.25) is 0 Å². The molecule has 35 heavy (non-hydrogen) atoms. The van der Waals surface area contributed by atoms with Gasteiger partial charge in [0.1, 0.15) is 23.9 Å². The average Bonchev–Trinajstić information content (AvgIpc) is 2.86. The normalized spacial score (nSPS) is 11.9. The zero-order chi connectivity index (χ0) is 24.9. The summed E-state index contributed by atoms with van der Waals surface area (Å²) in [5, 5.41) is 19.4. The van der Waals surface area contributed by atoms with Gasteiger partial charge in [-0.15, -0.1) is 0 Å². The van der Waals surface area contributed by atoms with Gasteiger partial charge in [0.25, 0.3) is 0 Å². The molecule has 4 rings (SSSR count). The van der Waals surface area contributed by atoms with Crippen molar-refractivity contribution in [3.63, 3.8) is 0 Å². The number of hydrogen-bond donors (Lipinski definition) is 2. The maximum atomic E-state index is 14.8. The number of benzene rings is 4. The summed E-state index contributed by atoms with van der Waals surface area (Å²) in [6.45, 7) is 1.80. The quantitative estimate of drug-likeness (QED) is 0.275. The van der Waals surface area contributed by atoms with E-state index in [1.54, 1.807) is 48.5 Å². The SMILES string of the molecule is CCCC(O)c1ccc(-c2ccc(COc3ccc(-c4ccc(O)cc4F)cc3)c(F)c2F)cc1. The van der Waals surface area contributed by atoms with Crippen LogP contribution in [0.25, 0.3) is 22.3 Å². The highest BCUT2D eigenvalue weighted by atomic mass is 19.2. The van der Waals surface area contributed by atoms with Gasteiger partial charge in [0.15, 0.2) is 11.6 Å². The van der Waals surface area contributed by atoms with Crippen LogP contribution in [0.2, 0.25) is 0 Å². The monoisotopic (exact) mass is 478 g/mol. The van der Waals surface area contributed by atoms with Crippen LogP contribution in [0.5, 0.6) is 11.5 Å². The molecule has 4 aromatic rings. The Hall–Kier alpha value is -3.77. The van der Waals surface area contributed by atoms with Crippen LogP contribution in [-0.4, -0.2) is 10.2 Å². The highest BCUT2D eigenvalue weighted by molar-refractivity contribution is 5.66. The molecule has 1 unspecified atom stereocenters. The second-order valence-electron chi connectivity index (χ2n) is 8.30. The Labute approximate surface area is 202 Å². The minimum atomic E-state index is -0.986. The van der Waals surface area contributed by atoms with E-state index in [-0.39, 0.29) is 23.5 Å². The van der Waals surface area contributed by atoms with E-state index in [1.165, 1.54) is 24.3 Å². The number of aromatic hydroxyl groups is 1. The Morgan fingerprint density at radius 2 is 1.40 bits per heavy atom. The second-order valence-corrected chi connectivity index (χ2v) is 8.30. The van der Waals surface area contributed by atoms with Crippen LogP contribution in [-0.2, 0) is 6.61 Å². The molecule has 180 valence electrons. The van der Waals surface area contributed by atoms with Gasteiger partial charge in [-0.3, -0.25) is 0 Å². The summed E-state index contributed by atoms with van der Waals surface area (Å²) < 4.78 is 49.3. The molecule has 4 aromatic carbocycles. The fourth-order valence-corrected chi connectivity index (χ4v) is 3.88. The van der Waals surface area contributed by atoms with Gasteiger partial charge in [-0.05, 0) is 47.4 Å². The van der Waals surface area contributed by atoms with Crippen LogP contribution in [0.3, 0.4) is 0 Å². The van der Waals surface area contributed by atoms with E-state index in [0.29, 0.717) is 28.9 Å². The van der Waals surface area contributed by atoms with Crippen molar-refractivity contribution in [3.05, 3.63) is 107 Å². The Bertz CT molecular complexity index is 1300. The molecule has 0 saturated carbocycles. The maximum absolute atomic E-state index is 14.8. The number of rotatable bonds is 8. The molecule has 0 amide bonds. The van der Waals surface area contributed by atoms with Crippen molar-refractivity contribution in [2.75, 3.05) is 0 Å². The lowest BCUT2D eigenvalue weighted by molar-refractivity contribution is 0.166. The largest absolute Gasteiger partial charge is 0.508 e. The van der Waals surface area contributed by atoms with Crippen molar-refractivity contribution < 1.29 is 28.1 Å². The van der Waals surface area contributed by atoms with Crippen molar-refractivity contribution in [2.45, 2.75) is 32.5 Å². The second kappa shape index (κ2) is 10.7. The summed E-state index contributed by atoms with van der Waals surface area (Å²) in [5.74, 6) is -2.25. The number of ether oxygens (including phenoxy) is 1. The fourth-order valence-electron chi connectivity index (χ4n) is 3.88. The Morgan fingerprint density at radius 3 is 2.06 bits per heavy atom. The Morgan fingerprint density at radius 1 is 0.771 bits per heavy atom. The average molecular weight is 479 g/mol. The van der Waals surface area contributed by atoms with Gasteiger partial charge >= 0.3 is 0 Å². The van der Waals surface area contributed by atoms with Crippen LogP contribution in [0.15, 0.2) is 78.9 Å². The zero-order valence-electron chi connectivity index (χ0n) is 19.1. The predicted molar refractivity (Wildman–Crippen MR) is 129 cm³/mol. The first-order chi connectivity index (χ1) is 16.9. The minimum absolute atomic E-state index is 0.0647. The molecule has 0 aliphatic carbocycles. The molecule has 0 bridgehead atoms. The molecule has 0 aromatic heterocycles. The van der Waals surface area contributed by atoms with Gasteiger partial charge in [-0.2, -0.15) is 0 Å². The molecule has 3 nitrogen and oxygen atoms in total. The van der Waals surface area contributed by atoms with Crippen molar-refractivity contribution in [2.24, 2.45) is 0 Å². The van der Waals surface area contributed by atoms with E-state index in [2.05, 4.69) is 0 Å². The van der Waals surface area contributed by atoms with Crippen molar-refractivity contribution >= 4 is 0 Å². The lowest BCUT2D eigenvalue weighted by Gasteiger charge is -2.13. The number of hydrogen-bond acceptors (Lipinski definition) is 3. The molecular weight excluding hydrogens is 453 g/mol. The molecule has 0 aliphatic heterocycles. The number of phenols is 1. The summed E-state index contributed by atoms with van der Waals surface area (Å²) in [6.07, 6.45) is 0.894. The summed E-state index contributed by atoms with van der Waals surface area (Å²) >= 11 is 0. The Balaban J connectivity index is 1.45. The first-order valence-corrected chi connectivity index (χ1v) is 11.3. The molecular formula is C29H25F3O3. The maximum Gasteiger partial charge on any atom is 0.167 e. The van der Waals surface area contributed by atoms with Crippen LogP contribution in [0.1, 0.15) is 37.0 Å². The van der Waals surface area contributed by atoms with Crippen molar-refractivity contribution in [1.29, 1.82) is 0 Å². The van der Waals surface area contributed by atoms with Gasteiger partial charge in [-0.25, -0.2) is 13.2 Å². The smallest absolute Gasteiger partial charge is 0.167 e. The lowest BCUT2D eigenvalue weighted by atomic mass is 9.98. The predicted octanol–water partition coefficient (Wildman–Crippen LogP) is 7.56. The summed E-state index contributed by atoms with van der Waals surface area (Å²) in [7, 11) is 0. The van der Waals surface area contributed by atoms with E-state index in [1.807, 2.05) is 6.92 Å². The number of halogens is 3. The summed E-state index contributed by atoms with van der Waals surface area (Å²) in [4.78, 5) is 0. The molecule has 0 spiro atoms. The minimum Gasteiger partial charge on any atom is -0.508 e. The lowest BCUT2D eigenvalue weighted by Crippen LogP contribution is -2.02. The van der Waals surface area contributed by atoms with E-state index in [4.69, 9.17) is 4.74 Å². The van der Waals surface area contributed by atoms with Gasteiger partial charge in [0, 0.05) is 22.8 Å². The van der Waals surface area contributed by atoms with Crippen LogP contribution < -0.4 is 4.74 Å². The number of aliphatic hydroxyl groups excluding tert-OH is 1. The molecule has 0 saturated heterocycles. The van der Waals surface area contributed by atoms with E-state index in [0.717, 1.165) is 18.1 Å². The third-order valence-corrected chi connectivity index (χ3v) is 5.84. The first kappa shape index (κ1) is 24.4. The summed E-state index contributed by atoms with van der Waals surface area (Å²) in [5.41, 5.74) is 2.35. The Kier molecular flexibility index (Phi) is 7.42. The van der Waals surface area contributed by atoms with Crippen molar-refractivity contribution in [1.82, 2.24) is 0 Å². The number of aliphatic hydroxyl groups is 1. The number of phenolic OH excluding ortho intramolecular Hbond substituents is 1. The van der Waals surface area contributed by atoms with Gasteiger partial charge in [0.05, 0.1) is 6.10 Å². The van der Waals surface area contributed by atoms with Gasteiger partial charge < -0.3 is 14.9 Å². The first-order valence-electron chi connectivity index (χ1n) is 11.3. The fraction of sp³-hybridized carbons (Fsp3) is 0.172. The highest BCUT2D eigenvalue weighted by Gasteiger charge is 2.16. The summed E-state index contributed by atoms with van der Waals surface area (Å²) in [6, 6.07) is 20.2. The van der Waals surface area contributed by atoms with Gasteiger partial charge in [-0.1, -0.05) is 61.9 Å². The van der Waals surface area contributed by atoms with Crippen LogP contribution in [0.4, 0.5) is 13.2 Å². The van der Waals surface area contributed by atoms with E-state index in [9.17, 15) is 23.4 Å². The third-order valence-electron chi connectivity index (χ3n) is 5.84. The molecule has 2 N–H and O–H groups in total. The molecule has 1 atom stereocenters. The topological polar surface area (TPSA) is 49.7 Å². The zero-order valence-corrected chi connectivity index (χ0v) is 19.1. The standard InChI is InChI=1S/C29H25F3O3/c1-2-3-27(34)20-6-4-19(5-7-20)25-14-10-21(28(31)29(25)32)17-35-23-12-8-18(9-13-23)24-15-11-22(33)16-26(24)30/h4-16,27,33-34H,2-3,17H2,1H3. The van der Waals surface area contributed by atoms with Crippen LogP contribution >= 0.6 is 0 Å². The molecule has 0 radical (unpaired) electrons. The molecule has 6 heteroatoms. The van der Waals surface area contributed by atoms with Crippen molar-refractivity contribution in [3.8, 4) is 33.8 Å². The van der Waals surface area contributed by atoms with E-state index < -0.39 is 23.6 Å². The molecule has 0 aliphatic rings. The molecule has 0 fully saturated rings. The van der Waals surface area contributed by atoms with E-state index >= 15 is 0 Å². The highest BCUT2D eigenvalue weighted by Crippen LogP contribution is 2.30.